The Morgan fingerprint density at radius 1 is 0.700 bits per heavy atom. The van der Waals surface area contributed by atoms with Gasteiger partial charge in [-0.2, -0.15) is 0 Å². The third-order valence-corrected chi connectivity index (χ3v) is 3.79. The highest BCUT2D eigenvalue weighted by Crippen LogP contribution is 2.13. The van der Waals surface area contributed by atoms with Gasteiger partial charge in [0, 0.05) is 12.7 Å². The molecular weight excluding hydrogens is 242 g/mol. The van der Waals surface area contributed by atoms with Crippen LogP contribution in [-0.4, -0.2) is 7.05 Å². The van der Waals surface area contributed by atoms with Crippen molar-refractivity contribution in [1.29, 1.82) is 0 Å². The zero-order valence-corrected chi connectivity index (χ0v) is 12.7. The predicted molar refractivity (Wildman–Crippen MR) is 88.5 cm³/mol. The van der Waals surface area contributed by atoms with E-state index >= 15 is 0 Å². The van der Waals surface area contributed by atoms with Gasteiger partial charge in [0.2, 0.25) is 0 Å². The summed E-state index contributed by atoms with van der Waals surface area (Å²) in [6.07, 6.45) is 6.00. The number of anilines is 1. The molecule has 106 valence electrons. The van der Waals surface area contributed by atoms with Crippen molar-refractivity contribution < 1.29 is 0 Å². The normalized spacial score (nSPS) is 10.5. The molecule has 1 N–H and O–H groups in total. The summed E-state index contributed by atoms with van der Waals surface area (Å²) >= 11 is 0. The first-order valence-electron chi connectivity index (χ1n) is 7.66. The molecule has 0 aliphatic rings. The fraction of sp³-hybridized carbons (Fsp3) is 0.368. The number of hydrogen-bond acceptors (Lipinski definition) is 1. The standard InChI is InChI=1S/C19H25N/c1-3-4-5-16-6-8-17(9-7-16)10-11-18-12-14-19(20-2)15-13-18/h6-9,12-15,20H,3-5,10-11H2,1-2H3. The highest BCUT2D eigenvalue weighted by Gasteiger charge is 1.98. The molecule has 0 atom stereocenters. The fourth-order valence-electron chi connectivity index (χ4n) is 2.38. The van der Waals surface area contributed by atoms with Crippen molar-refractivity contribution in [2.45, 2.75) is 39.0 Å². The van der Waals surface area contributed by atoms with Crippen molar-refractivity contribution in [1.82, 2.24) is 0 Å². The Balaban J connectivity index is 1.86. The second kappa shape index (κ2) is 7.74. The van der Waals surface area contributed by atoms with E-state index in [4.69, 9.17) is 0 Å². The summed E-state index contributed by atoms with van der Waals surface area (Å²) < 4.78 is 0. The molecule has 0 amide bonds. The van der Waals surface area contributed by atoms with Gasteiger partial charge in [-0.15, -0.1) is 0 Å². The van der Waals surface area contributed by atoms with Crippen molar-refractivity contribution in [3.63, 3.8) is 0 Å². The zero-order chi connectivity index (χ0) is 14.2. The predicted octanol–water partition coefficient (Wildman–Crippen LogP) is 4.86. The fourth-order valence-corrected chi connectivity index (χ4v) is 2.38. The van der Waals surface area contributed by atoms with Crippen molar-refractivity contribution in [3.8, 4) is 0 Å². The molecule has 20 heavy (non-hydrogen) atoms. The van der Waals surface area contributed by atoms with E-state index in [0.717, 1.165) is 12.8 Å². The lowest BCUT2D eigenvalue weighted by atomic mass is 10.0. The van der Waals surface area contributed by atoms with E-state index in [1.54, 1.807) is 0 Å². The highest BCUT2D eigenvalue weighted by molar-refractivity contribution is 5.43. The molecule has 0 unspecified atom stereocenters. The lowest BCUT2D eigenvalue weighted by Gasteiger charge is -2.06. The molecule has 0 saturated heterocycles. The average Bonchev–Trinajstić information content (AvgIpc) is 2.52. The molecule has 1 nitrogen and oxygen atoms in total. The van der Waals surface area contributed by atoms with E-state index in [9.17, 15) is 0 Å². The number of unbranched alkanes of at least 4 members (excludes halogenated alkanes) is 1. The number of hydrogen-bond donors (Lipinski definition) is 1. The van der Waals surface area contributed by atoms with E-state index in [-0.39, 0.29) is 0 Å². The van der Waals surface area contributed by atoms with Crippen LogP contribution in [0.1, 0.15) is 36.5 Å². The summed E-state index contributed by atoms with van der Waals surface area (Å²) in [5.74, 6) is 0. The highest BCUT2D eigenvalue weighted by atomic mass is 14.8. The Hall–Kier alpha value is -1.76. The van der Waals surface area contributed by atoms with Gasteiger partial charge in [-0.25, -0.2) is 0 Å². The van der Waals surface area contributed by atoms with E-state index in [0.29, 0.717) is 0 Å². The summed E-state index contributed by atoms with van der Waals surface area (Å²) in [6.45, 7) is 2.24. The summed E-state index contributed by atoms with van der Waals surface area (Å²) in [7, 11) is 1.95. The molecule has 0 spiro atoms. The number of nitrogens with one attached hydrogen (secondary N) is 1. The summed E-state index contributed by atoms with van der Waals surface area (Å²) in [4.78, 5) is 0. The van der Waals surface area contributed by atoms with Gasteiger partial charge in [0.25, 0.3) is 0 Å². The van der Waals surface area contributed by atoms with Crippen molar-refractivity contribution in [3.05, 3.63) is 65.2 Å². The van der Waals surface area contributed by atoms with E-state index in [2.05, 4.69) is 60.8 Å². The Morgan fingerprint density at radius 3 is 1.60 bits per heavy atom. The van der Waals surface area contributed by atoms with Crippen molar-refractivity contribution >= 4 is 5.69 Å². The number of aryl methyl sites for hydroxylation is 3. The van der Waals surface area contributed by atoms with E-state index in [1.165, 1.54) is 41.6 Å². The van der Waals surface area contributed by atoms with Crippen LogP contribution in [0.25, 0.3) is 0 Å². The quantitative estimate of drug-likeness (QED) is 0.755. The van der Waals surface area contributed by atoms with Crippen molar-refractivity contribution in [2.24, 2.45) is 0 Å². The Bertz CT molecular complexity index is 496. The SMILES string of the molecule is CCCCc1ccc(CCc2ccc(NC)cc2)cc1. The summed E-state index contributed by atoms with van der Waals surface area (Å²) in [5, 5.41) is 3.15. The number of rotatable bonds is 7. The molecule has 2 aromatic rings. The first-order valence-corrected chi connectivity index (χ1v) is 7.66. The minimum atomic E-state index is 1.11. The Labute approximate surface area is 123 Å². The van der Waals surface area contributed by atoms with Crippen LogP contribution in [0.3, 0.4) is 0 Å². The van der Waals surface area contributed by atoms with Crippen LogP contribution in [0.2, 0.25) is 0 Å². The van der Waals surface area contributed by atoms with Gasteiger partial charge in [-0.3, -0.25) is 0 Å². The van der Waals surface area contributed by atoms with Crippen LogP contribution in [-0.2, 0) is 19.3 Å². The van der Waals surface area contributed by atoms with Gasteiger partial charge in [-0.05, 0) is 54.5 Å². The topological polar surface area (TPSA) is 12.0 Å². The van der Waals surface area contributed by atoms with Crippen LogP contribution in [0.15, 0.2) is 48.5 Å². The molecular formula is C19H25N. The van der Waals surface area contributed by atoms with E-state index in [1.807, 2.05) is 7.05 Å². The van der Waals surface area contributed by atoms with Crippen LogP contribution in [0.4, 0.5) is 5.69 Å². The Morgan fingerprint density at radius 2 is 1.15 bits per heavy atom. The van der Waals surface area contributed by atoms with Crippen LogP contribution >= 0.6 is 0 Å². The van der Waals surface area contributed by atoms with Crippen LogP contribution in [0.5, 0.6) is 0 Å². The monoisotopic (exact) mass is 267 g/mol. The average molecular weight is 267 g/mol. The van der Waals surface area contributed by atoms with Gasteiger partial charge in [0.1, 0.15) is 0 Å². The molecule has 0 bridgehead atoms. The molecule has 0 aliphatic carbocycles. The maximum Gasteiger partial charge on any atom is 0.0337 e. The molecule has 0 saturated carbocycles. The largest absolute Gasteiger partial charge is 0.388 e. The van der Waals surface area contributed by atoms with Gasteiger partial charge in [-0.1, -0.05) is 49.7 Å². The molecule has 0 fully saturated rings. The molecule has 1 heteroatoms. The summed E-state index contributed by atoms with van der Waals surface area (Å²) in [6, 6.07) is 17.8. The first-order chi connectivity index (χ1) is 9.81. The van der Waals surface area contributed by atoms with Crippen molar-refractivity contribution in [2.75, 3.05) is 12.4 Å². The minimum Gasteiger partial charge on any atom is -0.388 e. The minimum absolute atomic E-state index is 1.11. The zero-order valence-electron chi connectivity index (χ0n) is 12.7. The lowest BCUT2D eigenvalue weighted by molar-refractivity contribution is 0.794. The van der Waals surface area contributed by atoms with Crippen LogP contribution < -0.4 is 5.32 Å². The van der Waals surface area contributed by atoms with Crippen LogP contribution in [0, 0.1) is 0 Å². The summed E-state index contributed by atoms with van der Waals surface area (Å²) in [5.41, 5.74) is 5.48. The lowest BCUT2D eigenvalue weighted by Crippen LogP contribution is -1.93. The molecule has 0 aliphatic heterocycles. The Kier molecular flexibility index (Phi) is 5.67. The van der Waals surface area contributed by atoms with Gasteiger partial charge >= 0.3 is 0 Å². The number of benzene rings is 2. The first kappa shape index (κ1) is 14.6. The van der Waals surface area contributed by atoms with E-state index < -0.39 is 0 Å². The molecule has 0 radical (unpaired) electrons. The molecule has 0 aromatic heterocycles. The van der Waals surface area contributed by atoms with Gasteiger partial charge in [0.15, 0.2) is 0 Å². The smallest absolute Gasteiger partial charge is 0.0337 e. The molecule has 2 rings (SSSR count). The third-order valence-electron chi connectivity index (χ3n) is 3.79. The third kappa shape index (κ3) is 4.41. The maximum atomic E-state index is 3.15. The molecule has 0 heterocycles. The van der Waals surface area contributed by atoms with Gasteiger partial charge < -0.3 is 5.32 Å². The van der Waals surface area contributed by atoms with Gasteiger partial charge in [0.05, 0.1) is 0 Å². The molecule has 2 aromatic carbocycles. The second-order valence-corrected chi connectivity index (χ2v) is 5.37. The maximum absolute atomic E-state index is 3.15. The second-order valence-electron chi connectivity index (χ2n) is 5.37.